The highest BCUT2D eigenvalue weighted by atomic mass is 16.2. The van der Waals surface area contributed by atoms with Gasteiger partial charge < -0.3 is 9.80 Å². The fraction of sp³-hybridized carbons (Fsp3) is 0.667. The Bertz CT molecular complexity index is 275. The first-order chi connectivity index (χ1) is 7.69. The molecule has 90 valence electrons. The summed E-state index contributed by atoms with van der Waals surface area (Å²) >= 11 is 0. The van der Waals surface area contributed by atoms with Crippen LogP contribution in [-0.4, -0.2) is 54.8 Å². The fourth-order valence-electron chi connectivity index (χ4n) is 1.92. The number of hydrogen-bond acceptors (Lipinski definition) is 2. The lowest BCUT2D eigenvalue weighted by Crippen LogP contribution is -2.47. The van der Waals surface area contributed by atoms with Gasteiger partial charge in [-0.2, -0.15) is 0 Å². The first-order valence-corrected chi connectivity index (χ1v) is 5.82. The third kappa shape index (κ3) is 3.36. The maximum absolute atomic E-state index is 11.5. The van der Waals surface area contributed by atoms with Crippen molar-refractivity contribution in [1.82, 2.24) is 9.80 Å². The standard InChI is InChI=1S/C12H21N3O/c1-4-12(16)15-8-6-7-11(9-15)14(3)10-13-5-2/h4,10-11H,1,5-9H2,2-3H3/b13-10+. The van der Waals surface area contributed by atoms with Gasteiger partial charge in [0, 0.05) is 32.7 Å². The molecule has 0 aromatic rings. The Balaban J connectivity index is 2.52. The third-order valence-corrected chi connectivity index (χ3v) is 2.91. The van der Waals surface area contributed by atoms with Crippen molar-refractivity contribution < 1.29 is 4.79 Å². The molecular weight excluding hydrogens is 202 g/mol. The molecule has 1 saturated heterocycles. The van der Waals surface area contributed by atoms with Crippen molar-refractivity contribution in [1.29, 1.82) is 0 Å². The number of carbonyl (C=O) groups is 1. The molecule has 0 bridgehead atoms. The highest BCUT2D eigenvalue weighted by Crippen LogP contribution is 2.14. The van der Waals surface area contributed by atoms with Crippen molar-refractivity contribution in [2.75, 3.05) is 26.7 Å². The van der Waals surface area contributed by atoms with Gasteiger partial charge in [-0.3, -0.25) is 9.79 Å². The van der Waals surface area contributed by atoms with Crippen molar-refractivity contribution in [2.24, 2.45) is 4.99 Å². The first-order valence-electron chi connectivity index (χ1n) is 5.82. The van der Waals surface area contributed by atoms with Gasteiger partial charge in [0.2, 0.25) is 5.91 Å². The Kier molecular flexibility index (Phi) is 5.02. The Morgan fingerprint density at radius 3 is 3.06 bits per heavy atom. The Morgan fingerprint density at radius 1 is 1.69 bits per heavy atom. The van der Waals surface area contributed by atoms with Crippen molar-refractivity contribution in [3.05, 3.63) is 12.7 Å². The topological polar surface area (TPSA) is 35.9 Å². The summed E-state index contributed by atoms with van der Waals surface area (Å²) in [6.45, 7) is 7.96. The molecule has 1 heterocycles. The summed E-state index contributed by atoms with van der Waals surface area (Å²) in [5.41, 5.74) is 0. The number of aliphatic imine (C=N–C) groups is 1. The maximum Gasteiger partial charge on any atom is 0.246 e. The Morgan fingerprint density at radius 2 is 2.44 bits per heavy atom. The lowest BCUT2D eigenvalue weighted by molar-refractivity contribution is -0.127. The number of likely N-dealkylation sites (tertiary alicyclic amines) is 1. The summed E-state index contributed by atoms with van der Waals surface area (Å²) in [4.78, 5) is 19.7. The van der Waals surface area contributed by atoms with Gasteiger partial charge in [0.15, 0.2) is 0 Å². The average molecular weight is 223 g/mol. The molecule has 0 spiro atoms. The molecular formula is C12H21N3O. The largest absolute Gasteiger partial charge is 0.361 e. The SMILES string of the molecule is C=CC(=O)N1CCCC(N(C)/C=N/CC)C1. The van der Waals surface area contributed by atoms with Crippen LogP contribution in [0.1, 0.15) is 19.8 Å². The van der Waals surface area contributed by atoms with E-state index in [0.29, 0.717) is 6.04 Å². The number of rotatable bonds is 4. The van der Waals surface area contributed by atoms with E-state index in [0.717, 1.165) is 32.5 Å². The maximum atomic E-state index is 11.5. The molecule has 1 rings (SSSR count). The van der Waals surface area contributed by atoms with Crippen LogP contribution in [0.5, 0.6) is 0 Å². The minimum atomic E-state index is 0.0329. The van der Waals surface area contributed by atoms with Gasteiger partial charge in [0.05, 0.1) is 6.34 Å². The van der Waals surface area contributed by atoms with Crippen LogP contribution in [0.2, 0.25) is 0 Å². The Labute approximate surface area is 97.6 Å². The van der Waals surface area contributed by atoms with Crippen LogP contribution >= 0.6 is 0 Å². The number of piperidine rings is 1. The number of amides is 1. The smallest absolute Gasteiger partial charge is 0.246 e. The molecule has 1 aliphatic rings. The summed E-state index contributed by atoms with van der Waals surface area (Å²) in [7, 11) is 2.02. The zero-order valence-electron chi connectivity index (χ0n) is 10.2. The Hall–Kier alpha value is -1.32. The summed E-state index contributed by atoms with van der Waals surface area (Å²) in [5, 5.41) is 0. The number of likely N-dealkylation sites (N-methyl/N-ethyl adjacent to an activating group) is 1. The van der Waals surface area contributed by atoms with E-state index >= 15 is 0 Å². The van der Waals surface area contributed by atoms with Crippen LogP contribution in [0.4, 0.5) is 0 Å². The van der Waals surface area contributed by atoms with Crippen LogP contribution in [0.3, 0.4) is 0 Å². The van der Waals surface area contributed by atoms with E-state index in [9.17, 15) is 4.79 Å². The fourth-order valence-corrected chi connectivity index (χ4v) is 1.92. The number of carbonyl (C=O) groups excluding carboxylic acids is 1. The van der Waals surface area contributed by atoms with Gasteiger partial charge in [0.25, 0.3) is 0 Å². The number of hydrogen-bond donors (Lipinski definition) is 0. The average Bonchev–Trinajstić information content (AvgIpc) is 2.35. The minimum Gasteiger partial charge on any atom is -0.361 e. The lowest BCUT2D eigenvalue weighted by atomic mass is 10.0. The quantitative estimate of drug-likeness (QED) is 0.407. The van der Waals surface area contributed by atoms with Crippen molar-refractivity contribution in [3.8, 4) is 0 Å². The normalized spacial score (nSPS) is 21.1. The molecule has 0 aliphatic carbocycles. The summed E-state index contributed by atoms with van der Waals surface area (Å²) in [6.07, 6.45) is 5.43. The van der Waals surface area contributed by atoms with E-state index in [4.69, 9.17) is 0 Å². The van der Waals surface area contributed by atoms with Crippen LogP contribution < -0.4 is 0 Å². The molecule has 0 radical (unpaired) electrons. The summed E-state index contributed by atoms with van der Waals surface area (Å²) < 4.78 is 0. The molecule has 1 aliphatic heterocycles. The van der Waals surface area contributed by atoms with E-state index in [1.54, 1.807) is 0 Å². The predicted octanol–water partition coefficient (Wildman–Crippen LogP) is 1.14. The molecule has 4 heteroatoms. The zero-order chi connectivity index (χ0) is 12.0. The van der Waals surface area contributed by atoms with Gasteiger partial charge in [-0.1, -0.05) is 6.58 Å². The third-order valence-electron chi connectivity index (χ3n) is 2.91. The van der Waals surface area contributed by atoms with Gasteiger partial charge >= 0.3 is 0 Å². The summed E-state index contributed by atoms with van der Waals surface area (Å²) in [6, 6.07) is 0.382. The van der Waals surface area contributed by atoms with Gasteiger partial charge in [-0.15, -0.1) is 0 Å². The lowest BCUT2D eigenvalue weighted by Gasteiger charge is -2.36. The molecule has 1 fully saturated rings. The second-order valence-electron chi connectivity index (χ2n) is 4.06. The van der Waals surface area contributed by atoms with E-state index in [1.165, 1.54) is 6.08 Å². The first kappa shape index (κ1) is 12.7. The van der Waals surface area contributed by atoms with Gasteiger partial charge in [-0.25, -0.2) is 0 Å². The van der Waals surface area contributed by atoms with Gasteiger partial charge in [-0.05, 0) is 25.8 Å². The predicted molar refractivity (Wildman–Crippen MR) is 66.6 cm³/mol. The molecule has 0 aromatic heterocycles. The zero-order valence-corrected chi connectivity index (χ0v) is 10.2. The van der Waals surface area contributed by atoms with Crippen LogP contribution in [0, 0.1) is 0 Å². The van der Waals surface area contributed by atoms with Crippen LogP contribution in [-0.2, 0) is 4.79 Å². The second-order valence-corrected chi connectivity index (χ2v) is 4.06. The molecule has 16 heavy (non-hydrogen) atoms. The molecule has 0 N–H and O–H groups in total. The molecule has 1 unspecified atom stereocenters. The molecule has 4 nitrogen and oxygen atoms in total. The minimum absolute atomic E-state index is 0.0329. The molecule has 1 amide bonds. The molecule has 1 atom stereocenters. The van der Waals surface area contributed by atoms with E-state index in [1.807, 2.05) is 25.2 Å². The number of nitrogens with zero attached hydrogens (tertiary/aromatic N) is 3. The van der Waals surface area contributed by atoms with Crippen molar-refractivity contribution in [2.45, 2.75) is 25.8 Å². The summed E-state index contributed by atoms with van der Waals surface area (Å²) in [5.74, 6) is 0.0329. The van der Waals surface area contributed by atoms with E-state index < -0.39 is 0 Å². The monoisotopic (exact) mass is 223 g/mol. The highest BCUT2D eigenvalue weighted by molar-refractivity contribution is 5.87. The van der Waals surface area contributed by atoms with Crippen molar-refractivity contribution >= 4 is 12.2 Å². The van der Waals surface area contributed by atoms with E-state index in [2.05, 4.69) is 16.5 Å². The van der Waals surface area contributed by atoms with Crippen LogP contribution in [0.25, 0.3) is 0 Å². The van der Waals surface area contributed by atoms with Crippen molar-refractivity contribution in [3.63, 3.8) is 0 Å². The van der Waals surface area contributed by atoms with Crippen LogP contribution in [0.15, 0.2) is 17.6 Å². The van der Waals surface area contributed by atoms with Gasteiger partial charge in [0.1, 0.15) is 0 Å². The second kappa shape index (κ2) is 6.30. The molecule has 0 aromatic carbocycles. The highest BCUT2D eigenvalue weighted by Gasteiger charge is 2.23. The molecule has 0 saturated carbocycles. The van der Waals surface area contributed by atoms with E-state index in [-0.39, 0.29) is 5.91 Å².